The van der Waals surface area contributed by atoms with E-state index in [1.165, 1.54) is 12.1 Å². The van der Waals surface area contributed by atoms with Crippen molar-refractivity contribution in [1.29, 1.82) is 0 Å². The highest BCUT2D eigenvalue weighted by Gasteiger charge is 2.06. The van der Waals surface area contributed by atoms with Crippen LogP contribution in [0.2, 0.25) is 10.0 Å². The van der Waals surface area contributed by atoms with Crippen molar-refractivity contribution in [1.82, 2.24) is 0 Å². The van der Waals surface area contributed by atoms with Gasteiger partial charge in [-0.05, 0) is 23.8 Å². The van der Waals surface area contributed by atoms with E-state index in [2.05, 4.69) is 5.32 Å². The zero-order valence-electron chi connectivity index (χ0n) is 9.77. The third-order valence-corrected chi connectivity index (χ3v) is 3.10. The average Bonchev–Trinajstić information content (AvgIpc) is 2.40. The molecule has 98 valence electrons. The lowest BCUT2D eigenvalue weighted by molar-refractivity contribution is -0.384. The second-order valence-electron chi connectivity index (χ2n) is 3.90. The average molecular weight is 297 g/mol. The zero-order chi connectivity index (χ0) is 13.8. The molecule has 0 heterocycles. The molecule has 1 N–H and O–H groups in total. The summed E-state index contributed by atoms with van der Waals surface area (Å²) >= 11 is 11.9. The molecule has 19 heavy (non-hydrogen) atoms. The normalized spacial score (nSPS) is 10.2. The van der Waals surface area contributed by atoms with Crippen LogP contribution in [-0.2, 0) is 6.54 Å². The molecule has 0 saturated carbocycles. The van der Waals surface area contributed by atoms with Crippen molar-refractivity contribution in [3.05, 3.63) is 68.2 Å². The van der Waals surface area contributed by atoms with E-state index in [4.69, 9.17) is 23.2 Å². The van der Waals surface area contributed by atoms with E-state index >= 15 is 0 Å². The van der Waals surface area contributed by atoms with Gasteiger partial charge in [0.05, 0.1) is 15.6 Å². The van der Waals surface area contributed by atoms with Crippen molar-refractivity contribution in [3.8, 4) is 0 Å². The molecule has 6 heteroatoms. The van der Waals surface area contributed by atoms with Crippen LogP contribution in [0.3, 0.4) is 0 Å². The number of nitro benzene ring substituents is 1. The van der Waals surface area contributed by atoms with Crippen LogP contribution in [0.15, 0.2) is 42.5 Å². The molecule has 0 unspecified atom stereocenters. The molecule has 0 aromatic heterocycles. The van der Waals surface area contributed by atoms with Gasteiger partial charge in [0.15, 0.2) is 0 Å². The van der Waals surface area contributed by atoms with Gasteiger partial charge in [-0.25, -0.2) is 0 Å². The second kappa shape index (κ2) is 5.91. The number of non-ortho nitro benzene ring substituents is 1. The highest BCUT2D eigenvalue weighted by molar-refractivity contribution is 6.35. The first-order chi connectivity index (χ1) is 9.06. The summed E-state index contributed by atoms with van der Waals surface area (Å²) in [6.07, 6.45) is 0. The molecule has 0 saturated heterocycles. The predicted molar refractivity (Wildman–Crippen MR) is 76.9 cm³/mol. The highest BCUT2D eigenvalue weighted by atomic mass is 35.5. The third kappa shape index (κ3) is 3.59. The second-order valence-corrected chi connectivity index (χ2v) is 4.75. The molecule has 0 radical (unpaired) electrons. The van der Waals surface area contributed by atoms with E-state index in [1.54, 1.807) is 30.3 Å². The smallest absolute Gasteiger partial charge is 0.269 e. The molecule has 0 aliphatic rings. The van der Waals surface area contributed by atoms with Gasteiger partial charge in [-0.1, -0.05) is 35.3 Å². The quantitative estimate of drug-likeness (QED) is 0.667. The fourth-order valence-electron chi connectivity index (χ4n) is 1.61. The van der Waals surface area contributed by atoms with Crippen LogP contribution in [0.5, 0.6) is 0 Å². The summed E-state index contributed by atoms with van der Waals surface area (Å²) in [7, 11) is 0. The standard InChI is InChI=1S/C13H10Cl2N2O2/c14-10-4-5-12(15)13(7-10)16-8-9-2-1-3-11(6-9)17(18)19/h1-7,16H,8H2. The molecule has 2 rings (SSSR count). The number of rotatable bonds is 4. The van der Waals surface area contributed by atoms with Crippen LogP contribution in [0, 0.1) is 10.1 Å². The van der Waals surface area contributed by atoms with Gasteiger partial charge in [0, 0.05) is 23.7 Å². The van der Waals surface area contributed by atoms with Gasteiger partial charge in [-0.3, -0.25) is 10.1 Å². The summed E-state index contributed by atoms with van der Waals surface area (Å²) in [6, 6.07) is 11.5. The van der Waals surface area contributed by atoms with Crippen LogP contribution >= 0.6 is 23.2 Å². The Morgan fingerprint density at radius 1 is 1.16 bits per heavy atom. The Kier molecular flexibility index (Phi) is 4.24. The van der Waals surface area contributed by atoms with Gasteiger partial charge in [-0.15, -0.1) is 0 Å². The highest BCUT2D eigenvalue weighted by Crippen LogP contribution is 2.26. The minimum Gasteiger partial charge on any atom is -0.380 e. The van der Waals surface area contributed by atoms with Crippen molar-refractivity contribution < 1.29 is 4.92 Å². The van der Waals surface area contributed by atoms with E-state index in [1.807, 2.05) is 0 Å². The first-order valence-corrected chi connectivity index (χ1v) is 6.24. The van der Waals surface area contributed by atoms with E-state index < -0.39 is 4.92 Å². The summed E-state index contributed by atoms with van der Waals surface area (Å²) in [6.45, 7) is 0.432. The number of nitrogens with zero attached hydrogens (tertiary/aromatic N) is 1. The lowest BCUT2D eigenvalue weighted by Gasteiger charge is -2.08. The van der Waals surface area contributed by atoms with Crippen molar-refractivity contribution in [2.45, 2.75) is 6.54 Å². The van der Waals surface area contributed by atoms with E-state index in [0.29, 0.717) is 22.3 Å². The van der Waals surface area contributed by atoms with Gasteiger partial charge < -0.3 is 5.32 Å². The van der Waals surface area contributed by atoms with Crippen molar-refractivity contribution in [2.75, 3.05) is 5.32 Å². The molecule has 2 aromatic rings. The molecule has 0 bridgehead atoms. The summed E-state index contributed by atoms with van der Waals surface area (Å²) in [4.78, 5) is 10.3. The lowest BCUT2D eigenvalue weighted by Crippen LogP contribution is -2.00. The Morgan fingerprint density at radius 3 is 2.68 bits per heavy atom. The monoisotopic (exact) mass is 296 g/mol. The Hall–Kier alpha value is -1.78. The Bertz CT molecular complexity index is 617. The number of hydrogen-bond acceptors (Lipinski definition) is 3. The predicted octanol–water partition coefficient (Wildman–Crippen LogP) is 4.51. The SMILES string of the molecule is O=[N+]([O-])c1cccc(CNc2cc(Cl)ccc2Cl)c1. The number of anilines is 1. The van der Waals surface area contributed by atoms with Crippen molar-refractivity contribution >= 4 is 34.6 Å². The minimum atomic E-state index is -0.421. The molecule has 0 aliphatic heterocycles. The van der Waals surface area contributed by atoms with Gasteiger partial charge in [0.2, 0.25) is 0 Å². The molecule has 4 nitrogen and oxygen atoms in total. The van der Waals surface area contributed by atoms with Gasteiger partial charge in [-0.2, -0.15) is 0 Å². The van der Waals surface area contributed by atoms with Crippen LogP contribution in [-0.4, -0.2) is 4.92 Å². The number of nitrogens with one attached hydrogen (secondary N) is 1. The first kappa shape index (κ1) is 13.6. The van der Waals surface area contributed by atoms with E-state index in [-0.39, 0.29) is 5.69 Å². The summed E-state index contributed by atoms with van der Waals surface area (Å²) in [5, 5.41) is 14.9. The lowest BCUT2D eigenvalue weighted by atomic mass is 10.2. The molecule has 0 fully saturated rings. The number of benzene rings is 2. The largest absolute Gasteiger partial charge is 0.380 e. The molecular formula is C13H10Cl2N2O2. The van der Waals surface area contributed by atoms with Crippen LogP contribution in [0.25, 0.3) is 0 Å². The topological polar surface area (TPSA) is 55.2 Å². The molecule has 0 spiro atoms. The third-order valence-electron chi connectivity index (χ3n) is 2.53. The van der Waals surface area contributed by atoms with Crippen molar-refractivity contribution in [3.63, 3.8) is 0 Å². The maximum Gasteiger partial charge on any atom is 0.269 e. The van der Waals surface area contributed by atoms with Crippen molar-refractivity contribution in [2.24, 2.45) is 0 Å². The molecule has 0 aliphatic carbocycles. The Labute approximate surface area is 120 Å². The fraction of sp³-hybridized carbons (Fsp3) is 0.0769. The number of halogens is 2. The van der Waals surface area contributed by atoms with E-state index in [9.17, 15) is 10.1 Å². The summed E-state index contributed by atoms with van der Waals surface area (Å²) < 4.78 is 0. The maximum atomic E-state index is 10.7. The zero-order valence-corrected chi connectivity index (χ0v) is 11.3. The van der Waals surface area contributed by atoms with Crippen LogP contribution < -0.4 is 5.32 Å². The van der Waals surface area contributed by atoms with Gasteiger partial charge in [0.1, 0.15) is 0 Å². The number of nitro groups is 1. The number of hydrogen-bond donors (Lipinski definition) is 1. The Morgan fingerprint density at radius 2 is 1.95 bits per heavy atom. The van der Waals surface area contributed by atoms with E-state index in [0.717, 1.165) is 5.56 Å². The maximum absolute atomic E-state index is 10.7. The molecule has 2 aromatic carbocycles. The summed E-state index contributed by atoms with van der Waals surface area (Å²) in [5.74, 6) is 0. The van der Waals surface area contributed by atoms with Crippen LogP contribution in [0.4, 0.5) is 11.4 Å². The molecule has 0 amide bonds. The van der Waals surface area contributed by atoms with Gasteiger partial charge >= 0.3 is 0 Å². The molecule has 0 atom stereocenters. The fourth-order valence-corrected chi connectivity index (χ4v) is 1.97. The van der Waals surface area contributed by atoms with Crippen LogP contribution in [0.1, 0.15) is 5.56 Å². The molecular weight excluding hydrogens is 287 g/mol. The first-order valence-electron chi connectivity index (χ1n) is 5.48. The Balaban J connectivity index is 2.12. The summed E-state index contributed by atoms with van der Waals surface area (Å²) in [5.41, 5.74) is 1.56. The minimum absolute atomic E-state index is 0.0662. The van der Waals surface area contributed by atoms with Gasteiger partial charge in [0.25, 0.3) is 5.69 Å².